The molecule has 0 aromatic heterocycles. The lowest BCUT2D eigenvalue weighted by Gasteiger charge is -2.23. The molecule has 1 aliphatic rings. The molecule has 0 spiro atoms. The molecule has 0 bridgehead atoms. The first-order valence-electron chi connectivity index (χ1n) is 7.28. The molecule has 0 radical (unpaired) electrons. The zero-order valence-electron chi connectivity index (χ0n) is 13.2. The molecule has 1 aliphatic heterocycles. The Labute approximate surface area is 130 Å². The number of ether oxygens (including phenoxy) is 2. The summed E-state index contributed by atoms with van der Waals surface area (Å²) in [6.07, 6.45) is 0.246. The Morgan fingerprint density at radius 2 is 2.05 bits per heavy atom. The quantitative estimate of drug-likeness (QED) is 0.865. The van der Waals surface area contributed by atoms with Crippen molar-refractivity contribution in [3.63, 3.8) is 0 Å². The molecular formula is C16H22N2O4. The van der Waals surface area contributed by atoms with Crippen molar-refractivity contribution in [3.05, 3.63) is 24.3 Å². The van der Waals surface area contributed by atoms with Crippen LogP contribution in [0.25, 0.3) is 0 Å². The fourth-order valence-corrected chi connectivity index (χ4v) is 2.58. The molecule has 2 rings (SSSR count). The minimum atomic E-state index is -0.325. The monoisotopic (exact) mass is 306 g/mol. The second-order valence-corrected chi connectivity index (χ2v) is 5.47. The molecule has 6 heteroatoms. The number of amides is 2. The molecule has 1 aromatic carbocycles. The number of carbonyl (C=O) groups is 2. The van der Waals surface area contributed by atoms with E-state index in [2.05, 4.69) is 5.32 Å². The fraction of sp³-hybridized carbons (Fsp3) is 0.500. The van der Waals surface area contributed by atoms with E-state index in [-0.39, 0.29) is 30.2 Å². The summed E-state index contributed by atoms with van der Waals surface area (Å²) in [5.41, 5.74) is 0.696. The predicted molar refractivity (Wildman–Crippen MR) is 82.8 cm³/mol. The van der Waals surface area contributed by atoms with E-state index in [9.17, 15) is 9.59 Å². The summed E-state index contributed by atoms with van der Waals surface area (Å²) in [6.45, 7) is 2.83. The van der Waals surface area contributed by atoms with E-state index in [1.54, 1.807) is 43.4 Å². The van der Waals surface area contributed by atoms with Gasteiger partial charge in [0.1, 0.15) is 5.75 Å². The molecule has 1 aromatic rings. The van der Waals surface area contributed by atoms with E-state index in [4.69, 9.17) is 9.47 Å². The van der Waals surface area contributed by atoms with Crippen molar-refractivity contribution in [1.82, 2.24) is 4.90 Å². The number of rotatable bonds is 6. The highest BCUT2D eigenvalue weighted by Crippen LogP contribution is 2.23. The number of likely N-dealkylation sites (tertiary alicyclic amines) is 1. The average Bonchev–Trinajstić information content (AvgIpc) is 2.90. The Morgan fingerprint density at radius 3 is 2.64 bits per heavy atom. The smallest absolute Gasteiger partial charge is 0.229 e. The van der Waals surface area contributed by atoms with Crippen molar-refractivity contribution in [2.75, 3.05) is 32.7 Å². The van der Waals surface area contributed by atoms with Gasteiger partial charge >= 0.3 is 0 Å². The Kier molecular flexibility index (Phi) is 5.38. The molecule has 1 fully saturated rings. The summed E-state index contributed by atoms with van der Waals surface area (Å²) in [5, 5.41) is 2.84. The third-order valence-electron chi connectivity index (χ3n) is 3.83. The van der Waals surface area contributed by atoms with Crippen LogP contribution < -0.4 is 10.1 Å². The number of nitrogens with one attached hydrogen (secondary N) is 1. The Hall–Kier alpha value is -2.08. The van der Waals surface area contributed by atoms with E-state index in [0.29, 0.717) is 18.8 Å². The first kappa shape index (κ1) is 16.3. The lowest BCUT2D eigenvalue weighted by molar-refractivity contribution is -0.130. The van der Waals surface area contributed by atoms with Crippen LogP contribution in [0.3, 0.4) is 0 Å². The number of hydrogen-bond acceptors (Lipinski definition) is 4. The third-order valence-corrected chi connectivity index (χ3v) is 3.83. The van der Waals surface area contributed by atoms with E-state index in [1.165, 1.54) is 0 Å². The van der Waals surface area contributed by atoms with Gasteiger partial charge in [0.25, 0.3) is 0 Å². The van der Waals surface area contributed by atoms with Crippen LogP contribution in [0.5, 0.6) is 5.75 Å². The number of anilines is 1. The normalized spacial score (nSPS) is 19.1. The first-order chi connectivity index (χ1) is 10.5. The molecule has 0 aliphatic carbocycles. The van der Waals surface area contributed by atoms with Crippen LogP contribution >= 0.6 is 0 Å². The summed E-state index contributed by atoms with van der Waals surface area (Å²) in [7, 11) is 3.19. The maximum absolute atomic E-state index is 12.3. The Balaban J connectivity index is 1.94. The molecule has 0 unspecified atom stereocenters. The summed E-state index contributed by atoms with van der Waals surface area (Å²) in [5.74, 6) is 0.271. The topological polar surface area (TPSA) is 67.9 Å². The van der Waals surface area contributed by atoms with Gasteiger partial charge < -0.3 is 19.7 Å². The first-order valence-corrected chi connectivity index (χ1v) is 7.28. The van der Waals surface area contributed by atoms with Crippen molar-refractivity contribution >= 4 is 17.5 Å². The van der Waals surface area contributed by atoms with Gasteiger partial charge in [0, 0.05) is 25.8 Å². The lowest BCUT2D eigenvalue weighted by atomic mass is 10.1. The van der Waals surface area contributed by atoms with Crippen LogP contribution in [0.1, 0.15) is 13.3 Å². The minimum absolute atomic E-state index is 0.000527. The molecule has 22 heavy (non-hydrogen) atoms. The number of carbonyl (C=O) groups excluding carboxylic acids is 2. The van der Waals surface area contributed by atoms with Gasteiger partial charge in [-0.05, 0) is 31.2 Å². The fourth-order valence-electron chi connectivity index (χ4n) is 2.58. The van der Waals surface area contributed by atoms with E-state index in [1.807, 2.05) is 6.92 Å². The Bertz CT molecular complexity index is 529. The van der Waals surface area contributed by atoms with Gasteiger partial charge in [-0.25, -0.2) is 0 Å². The average molecular weight is 306 g/mol. The number of benzene rings is 1. The zero-order valence-corrected chi connectivity index (χ0v) is 13.2. The summed E-state index contributed by atoms with van der Waals surface area (Å²) >= 11 is 0. The summed E-state index contributed by atoms with van der Waals surface area (Å²) < 4.78 is 10.1. The van der Waals surface area contributed by atoms with E-state index >= 15 is 0 Å². The largest absolute Gasteiger partial charge is 0.497 e. The highest BCUT2D eigenvalue weighted by atomic mass is 16.5. The summed E-state index contributed by atoms with van der Waals surface area (Å²) in [6, 6.07) is 7.10. The van der Waals surface area contributed by atoms with Crippen LogP contribution in [-0.4, -0.2) is 50.1 Å². The number of nitrogens with zero attached hydrogens (tertiary/aromatic N) is 1. The molecule has 6 nitrogen and oxygen atoms in total. The molecule has 2 atom stereocenters. The van der Waals surface area contributed by atoms with Gasteiger partial charge in [-0.15, -0.1) is 0 Å². The van der Waals surface area contributed by atoms with Crippen LogP contribution in [0.15, 0.2) is 24.3 Å². The van der Waals surface area contributed by atoms with Crippen molar-refractivity contribution in [1.29, 1.82) is 0 Å². The van der Waals surface area contributed by atoms with Gasteiger partial charge in [0.05, 0.1) is 25.7 Å². The van der Waals surface area contributed by atoms with Gasteiger partial charge in [0.15, 0.2) is 0 Å². The van der Waals surface area contributed by atoms with Crippen LogP contribution in [-0.2, 0) is 14.3 Å². The molecule has 1 saturated heterocycles. The SMILES string of the molecule is COC[C@H](C)N1C[C@@H](C(=O)Nc2ccc(OC)cc2)CC1=O. The molecule has 0 saturated carbocycles. The molecular weight excluding hydrogens is 284 g/mol. The van der Waals surface area contributed by atoms with Gasteiger partial charge in [-0.3, -0.25) is 9.59 Å². The van der Waals surface area contributed by atoms with Gasteiger partial charge in [0.2, 0.25) is 11.8 Å². The highest BCUT2D eigenvalue weighted by molar-refractivity contribution is 5.97. The highest BCUT2D eigenvalue weighted by Gasteiger charge is 2.36. The van der Waals surface area contributed by atoms with E-state index in [0.717, 1.165) is 5.75 Å². The minimum Gasteiger partial charge on any atom is -0.497 e. The molecule has 1 heterocycles. The van der Waals surface area contributed by atoms with Crippen LogP contribution in [0.4, 0.5) is 5.69 Å². The molecule has 1 N–H and O–H groups in total. The van der Waals surface area contributed by atoms with Crippen molar-refractivity contribution in [3.8, 4) is 5.75 Å². The third kappa shape index (κ3) is 3.76. The maximum Gasteiger partial charge on any atom is 0.229 e. The second-order valence-electron chi connectivity index (χ2n) is 5.47. The predicted octanol–water partition coefficient (Wildman–Crippen LogP) is 1.52. The molecule has 2 amide bonds. The van der Waals surface area contributed by atoms with Crippen LogP contribution in [0, 0.1) is 5.92 Å². The maximum atomic E-state index is 12.3. The van der Waals surface area contributed by atoms with Gasteiger partial charge in [-0.2, -0.15) is 0 Å². The van der Waals surface area contributed by atoms with Crippen molar-refractivity contribution < 1.29 is 19.1 Å². The number of hydrogen-bond donors (Lipinski definition) is 1. The lowest BCUT2D eigenvalue weighted by Crippen LogP contribution is -2.38. The van der Waals surface area contributed by atoms with Crippen molar-refractivity contribution in [2.24, 2.45) is 5.92 Å². The zero-order chi connectivity index (χ0) is 16.1. The standard InChI is InChI=1S/C16H22N2O4/c1-11(10-21-2)18-9-12(8-15(18)19)16(20)17-13-4-6-14(22-3)7-5-13/h4-7,11-12H,8-10H2,1-3H3,(H,17,20)/t11-,12-/m0/s1. The summed E-state index contributed by atoms with van der Waals surface area (Å²) in [4.78, 5) is 26.0. The molecule has 120 valence electrons. The number of methoxy groups -OCH3 is 2. The Morgan fingerprint density at radius 1 is 1.36 bits per heavy atom. The van der Waals surface area contributed by atoms with E-state index < -0.39 is 0 Å². The van der Waals surface area contributed by atoms with Gasteiger partial charge in [-0.1, -0.05) is 0 Å². The van der Waals surface area contributed by atoms with Crippen LogP contribution in [0.2, 0.25) is 0 Å². The second kappa shape index (κ2) is 7.26. The van der Waals surface area contributed by atoms with Crippen molar-refractivity contribution in [2.45, 2.75) is 19.4 Å².